The quantitative estimate of drug-likeness (QED) is 0.739. The van der Waals surface area contributed by atoms with Crippen molar-refractivity contribution in [1.29, 1.82) is 0 Å². The number of nitrogens with one attached hydrogen (secondary N) is 1. The molecule has 130 valence electrons. The lowest BCUT2D eigenvalue weighted by atomic mass is 10.2. The van der Waals surface area contributed by atoms with Crippen molar-refractivity contribution in [1.82, 2.24) is 0 Å². The first-order valence-electron chi connectivity index (χ1n) is 7.23. The molecule has 0 fully saturated rings. The van der Waals surface area contributed by atoms with Gasteiger partial charge in [-0.05, 0) is 12.1 Å². The van der Waals surface area contributed by atoms with Gasteiger partial charge in [0.2, 0.25) is 0 Å². The van der Waals surface area contributed by atoms with Crippen molar-refractivity contribution < 1.29 is 28.5 Å². The monoisotopic (exact) mass is 348 g/mol. The standard InChI is InChI=1S/C17H14F2N2O4/c1-25-14-5-3-2-4-13(14)21-15(22)8-12(17(21)24)20-9-6-10(18)16(23)11(19)7-9/h2-8,17,20,23-24H,1H3. The van der Waals surface area contributed by atoms with Crippen LogP contribution >= 0.6 is 0 Å². The number of aromatic hydroxyl groups is 1. The number of benzene rings is 2. The van der Waals surface area contributed by atoms with Gasteiger partial charge in [-0.1, -0.05) is 12.1 Å². The highest BCUT2D eigenvalue weighted by Crippen LogP contribution is 2.34. The number of carbonyl (C=O) groups excluding carboxylic acids is 1. The van der Waals surface area contributed by atoms with E-state index >= 15 is 0 Å². The average molecular weight is 348 g/mol. The number of nitrogens with zero attached hydrogens (tertiary/aromatic N) is 1. The Labute approximate surface area is 141 Å². The summed E-state index contributed by atoms with van der Waals surface area (Å²) in [5.41, 5.74) is 0.312. The topological polar surface area (TPSA) is 82.0 Å². The van der Waals surface area contributed by atoms with Gasteiger partial charge < -0.3 is 20.3 Å². The van der Waals surface area contributed by atoms with E-state index in [2.05, 4.69) is 5.32 Å². The van der Waals surface area contributed by atoms with Crippen LogP contribution in [0.25, 0.3) is 0 Å². The van der Waals surface area contributed by atoms with Crippen LogP contribution < -0.4 is 15.0 Å². The lowest BCUT2D eigenvalue weighted by molar-refractivity contribution is -0.114. The van der Waals surface area contributed by atoms with Crippen LogP contribution in [0.2, 0.25) is 0 Å². The zero-order valence-electron chi connectivity index (χ0n) is 13.0. The molecule has 1 unspecified atom stereocenters. The van der Waals surface area contributed by atoms with Crippen LogP contribution in [-0.2, 0) is 4.79 Å². The van der Waals surface area contributed by atoms with E-state index < -0.39 is 29.5 Å². The minimum atomic E-state index is -1.40. The van der Waals surface area contributed by atoms with Crippen LogP contribution in [0, 0.1) is 11.6 Å². The number of carbonyl (C=O) groups is 1. The van der Waals surface area contributed by atoms with Gasteiger partial charge in [0.15, 0.2) is 23.6 Å². The molecular formula is C17H14F2N2O4. The van der Waals surface area contributed by atoms with E-state index in [1.165, 1.54) is 7.11 Å². The first-order valence-corrected chi connectivity index (χ1v) is 7.23. The van der Waals surface area contributed by atoms with Crippen molar-refractivity contribution in [2.45, 2.75) is 6.23 Å². The van der Waals surface area contributed by atoms with Crippen LogP contribution in [-0.4, -0.2) is 29.5 Å². The Morgan fingerprint density at radius 2 is 1.84 bits per heavy atom. The fourth-order valence-corrected chi connectivity index (χ4v) is 2.52. The van der Waals surface area contributed by atoms with E-state index in [0.717, 1.165) is 23.1 Å². The minimum absolute atomic E-state index is 0.0281. The molecular weight excluding hydrogens is 334 g/mol. The lowest BCUT2D eigenvalue weighted by Gasteiger charge is -2.24. The number of aliphatic hydroxyl groups is 1. The third-order valence-corrected chi connectivity index (χ3v) is 3.69. The molecule has 1 amide bonds. The zero-order valence-corrected chi connectivity index (χ0v) is 13.0. The summed E-state index contributed by atoms with van der Waals surface area (Å²) < 4.78 is 32.0. The molecule has 8 heteroatoms. The fraction of sp³-hybridized carbons (Fsp3) is 0.118. The van der Waals surface area contributed by atoms with Crippen molar-refractivity contribution in [3.8, 4) is 11.5 Å². The number of aliphatic hydroxyl groups excluding tert-OH is 1. The summed E-state index contributed by atoms with van der Waals surface area (Å²) in [6.07, 6.45) is -0.288. The summed E-state index contributed by atoms with van der Waals surface area (Å²) >= 11 is 0. The van der Waals surface area contributed by atoms with E-state index in [9.17, 15) is 18.7 Å². The minimum Gasteiger partial charge on any atom is -0.503 e. The average Bonchev–Trinajstić information content (AvgIpc) is 2.86. The van der Waals surface area contributed by atoms with Crippen molar-refractivity contribution in [3.63, 3.8) is 0 Å². The van der Waals surface area contributed by atoms with E-state index in [-0.39, 0.29) is 11.4 Å². The molecule has 0 spiro atoms. The number of halogens is 2. The van der Waals surface area contributed by atoms with Gasteiger partial charge in [0, 0.05) is 23.9 Å². The second kappa shape index (κ2) is 6.40. The number of hydrogen-bond acceptors (Lipinski definition) is 5. The van der Waals surface area contributed by atoms with Gasteiger partial charge in [-0.25, -0.2) is 8.78 Å². The molecule has 6 nitrogen and oxygen atoms in total. The molecule has 2 aromatic rings. The van der Waals surface area contributed by atoms with Crippen molar-refractivity contribution in [2.75, 3.05) is 17.3 Å². The number of anilines is 2. The van der Waals surface area contributed by atoms with Gasteiger partial charge >= 0.3 is 0 Å². The second-order valence-corrected chi connectivity index (χ2v) is 5.27. The zero-order chi connectivity index (χ0) is 18.1. The Kier molecular flexibility index (Phi) is 4.28. The molecule has 1 atom stereocenters. The molecule has 3 rings (SSSR count). The molecule has 0 radical (unpaired) electrons. The number of phenols is 1. The second-order valence-electron chi connectivity index (χ2n) is 5.27. The summed E-state index contributed by atoms with van der Waals surface area (Å²) in [5.74, 6) is -3.57. The molecule has 1 heterocycles. The number of para-hydroxylation sites is 2. The van der Waals surface area contributed by atoms with E-state index in [0.29, 0.717) is 11.4 Å². The summed E-state index contributed by atoms with van der Waals surface area (Å²) in [6, 6.07) is 8.31. The molecule has 1 aliphatic heterocycles. The SMILES string of the molecule is COc1ccccc1N1C(=O)C=C(Nc2cc(F)c(O)c(F)c2)C1O. The predicted octanol–water partition coefficient (Wildman–Crippen LogP) is 2.34. The number of rotatable bonds is 4. The number of phenolic OH excluding ortho intramolecular Hbond substituents is 1. The van der Waals surface area contributed by atoms with Crippen LogP contribution in [0.3, 0.4) is 0 Å². The molecule has 0 bridgehead atoms. The van der Waals surface area contributed by atoms with Crippen LogP contribution in [0.4, 0.5) is 20.2 Å². The Bertz CT molecular complexity index is 846. The molecule has 0 aliphatic carbocycles. The third-order valence-electron chi connectivity index (χ3n) is 3.69. The summed E-state index contributed by atoms with van der Waals surface area (Å²) in [5, 5.41) is 22.1. The highest BCUT2D eigenvalue weighted by Gasteiger charge is 2.34. The van der Waals surface area contributed by atoms with E-state index in [4.69, 9.17) is 9.84 Å². The van der Waals surface area contributed by atoms with Crippen molar-refractivity contribution in [3.05, 3.63) is 59.8 Å². The molecule has 1 aliphatic rings. The summed E-state index contributed by atoms with van der Waals surface area (Å²) in [4.78, 5) is 13.3. The Balaban J connectivity index is 1.88. The first-order chi connectivity index (χ1) is 11.9. The van der Waals surface area contributed by atoms with Crippen molar-refractivity contribution in [2.24, 2.45) is 0 Å². The maximum absolute atomic E-state index is 13.4. The molecule has 0 saturated heterocycles. The molecule has 2 aromatic carbocycles. The predicted molar refractivity (Wildman–Crippen MR) is 86.2 cm³/mol. The number of amides is 1. The molecule has 0 aromatic heterocycles. The number of hydrogen-bond donors (Lipinski definition) is 3. The third kappa shape index (κ3) is 2.99. The first kappa shape index (κ1) is 16.7. The molecule has 0 saturated carbocycles. The van der Waals surface area contributed by atoms with Crippen molar-refractivity contribution >= 4 is 17.3 Å². The largest absolute Gasteiger partial charge is 0.503 e. The maximum atomic E-state index is 13.4. The smallest absolute Gasteiger partial charge is 0.255 e. The Hall–Kier alpha value is -3.13. The van der Waals surface area contributed by atoms with Gasteiger partial charge in [0.25, 0.3) is 5.91 Å². The van der Waals surface area contributed by atoms with Gasteiger partial charge in [-0.3, -0.25) is 9.69 Å². The van der Waals surface area contributed by atoms with Crippen LogP contribution in [0.1, 0.15) is 0 Å². The van der Waals surface area contributed by atoms with Gasteiger partial charge in [-0.2, -0.15) is 0 Å². The number of ether oxygens (including phenoxy) is 1. The fourth-order valence-electron chi connectivity index (χ4n) is 2.52. The van der Waals surface area contributed by atoms with Crippen LogP contribution in [0.15, 0.2) is 48.2 Å². The Morgan fingerprint density at radius 1 is 1.20 bits per heavy atom. The number of methoxy groups -OCH3 is 1. The summed E-state index contributed by atoms with van der Waals surface area (Å²) in [7, 11) is 1.43. The molecule has 3 N–H and O–H groups in total. The van der Waals surface area contributed by atoms with Gasteiger partial charge in [0.05, 0.1) is 18.5 Å². The Morgan fingerprint density at radius 3 is 2.48 bits per heavy atom. The lowest BCUT2D eigenvalue weighted by Crippen LogP contribution is -2.36. The maximum Gasteiger partial charge on any atom is 0.255 e. The van der Waals surface area contributed by atoms with E-state index in [1.807, 2.05) is 0 Å². The molecule has 25 heavy (non-hydrogen) atoms. The van der Waals surface area contributed by atoms with E-state index in [1.54, 1.807) is 24.3 Å². The normalized spacial score (nSPS) is 16.8. The van der Waals surface area contributed by atoms with Crippen LogP contribution in [0.5, 0.6) is 11.5 Å². The highest BCUT2D eigenvalue weighted by molar-refractivity contribution is 6.06. The summed E-state index contributed by atoms with van der Waals surface area (Å²) in [6.45, 7) is 0. The highest BCUT2D eigenvalue weighted by atomic mass is 19.1. The van der Waals surface area contributed by atoms with Gasteiger partial charge in [-0.15, -0.1) is 0 Å². The van der Waals surface area contributed by atoms with Gasteiger partial charge in [0.1, 0.15) is 5.75 Å².